The van der Waals surface area contributed by atoms with Crippen molar-refractivity contribution < 1.29 is 0 Å². The van der Waals surface area contributed by atoms with Crippen LogP contribution in [0.5, 0.6) is 0 Å². The van der Waals surface area contributed by atoms with E-state index in [1.54, 1.807) is 0 Å². The lowest BCUT2D eigenvalue weighted by molar-refractivity contribution is 0.866. The highest BCUT2D eigenvalue weighted by Crippen LogP contribution is 2.52. The molecular formula is C66H48BN3. The van der Waals surface area contributed by atoms with Gasteiger partial charge in [-0.3, -0.25) is 0 Å². The van der Waals surface area contributed by atoms with Gasteiger partial charge in [0.2, 0.25) is 0 Å². The molecule has 0 saturated carbocycles. The van der Waals surface area contributed by atoms with E-state index in [4.69, 9.17) is 0 Å². The predicted octanol–water partition coefficient (Wildman–Crippen LogP) is 16.2. The summed E-state index contributed by atoms with van der Waals surface area (Å²) in [6.07, 6.45) is 0. The summed E-state index contributed by atoms with van der Waals surface area (Å²) < 4.78 is 2.58. The lowest BCUT2D eigenvalue weighted by Crippen LogP contribution is -2.61. The van der Waals surface area contributed by atoms with Crippen LogP contribution in [0.3, 0.4) is 0 Å². The van der Waals surface area contributed by atoms with E-state index < -0.39 is 0 Å². The first-order valence-corrected chi connectivity index (χ1v) is 25.0. The van der Waals surface area contributed by atoms with Gasteiger partial charge < -0.3 is 14.4 Å². The molecular weight excluding hydrogens is 846 g/mol. The highest BCUT2D eigenvalue weighted by atomic mass is 15.2. The van der Waals surface area contributed by atoms with Crippen LogP contribution in [-0.2, 0) is 0 Å². The van der Waals surface area contributed by atoms with Crippen molar-refractivity contribution in [3.8, 4) is 27.9 Å². The van der Waals surface area contributed by atoms with Crippen LogP contribution in [0.15, 0.2) is 206 Å². The second kappa shape index (κ2) is 14.6. The molecule has 3 heterocycles. The van der Waals surface area contributed by atoms with E-state index in [2.05, 4.69) is 248 Å². The molecule has 11 aromatic carbocycles. The monoisotopic (exact) mass is 893 g/mol. The van der Waals surface area contributed by atoms with Gasteiger partial charge in [-0.25, -0.2) is 0 Å². The van der Waals surface area contributed by atoms with E-state index in [1.165, 1.54) is 127 Å². The van der Waals surface area contributed by atoms with E-state index in [-0.39, 0.29) is 6.71 Å². The molecule has 70 heavy (non-hydrogen) atoms. The second-order valence-electron chi connectivity index (χ2n) is 20.4. The van der Waals surface area contributed by atoms with Crippen LogP contribution in [0.2, 0.25) is 0 Å². The molecule has 1 aromatic heterocycles. The van der Waals surface area contributed by atoms with Gasteiger partial charge in [-0.05, 0) is 155 Å². The minimum atomic E-state index is -0.0323. The highest BCUT2D eigenvalue weighted by molar-refractivity contribution is 7.01. The molecule has 0 fully saturated rings. The number of anilines is 6. The maximum atomic E-state index is 2.59. The third-order valence-electron chi connectivity index (χ3n) is 16.0. The zero-order valence-corrected chi connectivity index (χ0v) is 39.7. The van der Waals surface area contributed by atoms with Crippen LogP contribution in [0, 0.1) is 0 Å². The Morgan fingerprint density at radius 1 is 0.343 bits per heavy atom. The van der Waals surface area contributed by atoms with Gasteiger partial charge in [-0.15, -0.1) is 0 Å². The standard InChI is InChI=1S/C66H48BN3/c1-39(2)41-23-29-47(30-24-41)68-59-34-26-43-14-7-8-17-50(43)65(59)67-55-36-45(40(3)4)28-32-56(55)69(48-31-25-42-13-5-6-15-46(42)35-48)61-38-49(37-60(68)66(61)67)70-57-22-12-21-54-52-19-10-9-18-51(52)53-20-11-16-44-27-33-58(70)64(62(44)53)63(54)57/h5-40H,1-4H3. The van der Waals surface area contributed by atoms with Gasteiger partial charge in [-0.1, -0.05) is 173 Å². The van der Waals surface area contributed by atoms with Crippen molar-refractivity contribution in [1.82, 2.24) is 4.57 Å². The van der Waals surface area contributed by atoms with Gasteiger partial charge >= 0.3 is 0 Å². The number of hydrogen-bond donors (Lipinski definition) is 0. The minimum Gasteiger partial charge on any atom is -0.311 e. The molecule has 0 N–H and O–H groups in total. The molecule has 0 unspecified atom stereocenters. The van der Waals surface area contributed by atoms with Gasteiger partial charge in [-0.2, -0.15) is 0 Å². The fourth-order valence-corrected chi connectivity index (χ4v) is 12.8. The summed E-state index contributed by atoms with van der Waals surface area (Å²) in [5, 5.41) is 10.2. The van der Waals surface area contributed by atoms with E-state index in [0.717, 1.165) is 17.1 Å². The van der Waals surface area contributed by atoms with Gasteiger partial charge in [0, 0.05) is 44.9 Å². The molecule has 0 bridgehead atoms. The molecule has 15 rings (SSSR count). The summed E-state index contributed by atoms with van der Waals surface area (Å²) in [4.78, 5) is 5.18. The minimum absolute atomic E-state index is 0.0323. The number of nitrogens with zero attached hydrogens (tertiary/aromatic N) is 3. The smallest absolute Gasteiger partial charge is 0.252 e. The SMILES string of the molecule is CC(C)c1ccc(N2c3cc(-n4c5cccc6c5c5c7c(cccc7ccc54)-c4ccccc4-6)cc4c3B(c3cc(C(C)C)ccc3N4c3ccc4ccccc4c3)c3c2ccc2ccccc32)cc1. The van der Waals surface area contributed by atoms with Crippen molar-refractivity contribution in [2.24, 2.45) is 0 Å². The molecule has 4 heteroatoms. The molecule has 3 nitrogen and oxygen atoms in total. The summed E-state index contributed by atoms with van der Waals surface area (Å²) >= 11 is 0. The van der Waals surface area contributed by atoms with Gasteiger partial charge in [0.05, 0.1) is 16.7 Å². The zero-order chi connectivity index (χ0) is 46.5. The molecule has 0 atom stereocenters. The van der Waals surface area contributed by atoms with Crippen molar-refractivity contribution >= 4 is 111 Å². The Bertz CT molecular complexity index is 4210. The molecule has 0 radical (unpaired) electrons. The topological polar surface area (TPSA) is 11.4 Å². The first-order valence-electron chi connectivity index (χ1n) is 25.0. The first-order chi connectivity index (χ1) is 34.4. The quantitative estimate of drug-likeness (QED) is 0.160. The molecule has 0 saturated heterocycles. The lowest BCUT2D eigenvalue weighted by atomic mass is 9.32. The highest BCUT2D eigenvalue weighted by Gasteiger charge is 2.45. The average molecular weight is 894 g/mol. The molecule has 3 aliphatic rings. The van der Waals surface area contributed by atoms with Crippen molar-refractivity contribution in [2.75, 3.05) is 9.80 Å². The molecule has 12 aromatic rings. The average Bonchev–Trinajstić information content (AvgIpc) is 3.69. The van der Waals surface area contributed by atoms with Gasteiger partial charge in [0.1, 0.15) is 0 Å². The van der Waals surface area contributed by atoms with Crippen molar-refractivity contribution in [2.45, 2.75) is 39.5 Å². The van der Waals surface area contributed by atoms with Crippen LogP contribution in [0.4, 0.5) is 34.1 Å². The number of aromatic nitrogens is 1. The molecule has 2 aliphatic heterocycles. The Balaban J connectivity index is 1.12. The second-order valence-corrected chi connectivity index (χ2v) is 20.4. The third kappa shape index (κ3) is 5.42. The fourth-order valence-electron chi connectivity index (χ4n) is 12.8. The summed E-state index contributed by atoms with van der Waals surface area (Å²) in [5.41, 5.74) is 22.6. The summed E-state index contributed by atoms with van der Waals surface area (Å²) in [6.45, 7) is 9.19. The Kier molecular flexibility index (Phi) is 8.26. The summed E-state index contributed by atoms with van der Waals surface area (Å²) in [6, 6.07) is 78.8. The third-order valence-corrected chi connectivity index (χ3v) is 16.0. The van der Waals surface area contributed by atoms with Gasteiger partial charge in [0.15, 0.2) is 0 Å². The van der Waals surface area contributed by atoms with Crippen molar-refractivity contribution in [3.63, 3.8) is 0 Å². The zero-order valence-electron chi connectivity index (χ0n) is 39.7. The number of rotatable bonds is 5. The summed E-state index contributed by atoms with van der Waals surface area (Å²) in [5.74, 6) is 0.787. The van der Waals surface area contributed by atoms with Crippen molar-refractivity contribution in [3.05, 3.63) is 217 Å². The van der Waals surface area contributed by atoms with Gasteiger partial charge in [0.25, 0.3) is 6.71 Å². The predicted molar refractivity (Wildman–Crippen MR) is 300 cm³/mol. The number of benzene rings is 11. The Morgan fingerprint density at radius 2 is 0.914 bits per heavy atom. The first kappa shape index (κ1) is 39.6. The van der Waals surface area contributed by atoms with E-state index in [1.807, 2.05) is 0 Å². The Morgan fingerprint density at radius 3 is 1.69 bits per heavy atom. The number of hydrogen-bond acceptors (Lipinski definition) is 2. The molecule has 1 aliphatic carbocycles. The van der Waals surface area contributed by atoms with Crippen LogP contribution in [-0.4, -0.2) is 11.3 Å². The number of fused-ring (bicyclic) bond motifs is 10. The molecule has 0 spiro atoms. The summed E-state index contributed by atoms with van der Waals surface area (Å²) in [7, 11) is 0. The van der Waals surface area contributed by atoms with Crippen LogP contribution >= 0.6 is 0 Å². The van der Waals surface area contributed by atoms with Crippen molar-refractivity contribution in [1.29, 1.82) is 0 Å². The largest absolute Gasteiger partial charge is 0.311 e. The van der Waals surface area contributed by atoms with E-state index in [9.17, 15) is 0 Å². The van der Waals surface area contributed by atoms with E-state index >= 15 is 0 Å². The Hall–Kier alpha value is -8.34. The van der Waals surface area contributed by atoms with Crippen LogP contribution in [0.25, 0.3) is 82.1 Å². The fraction of sp³-hybridized carbons (Fsp3) is 0.0909. The molecule has 330 valence electrons. The Labute approximate surface area is 408 Å². The maximum Gasteiger partial charge on any atom is 0.252 e. The van der Waals surface area contributed by atoms with E-state index in [0.29, 0.717) is 11.8 Å². The molecule has 0 amide bonds. The lowest BCUT2D eigenvalue weighted by Gasteiger charge is -2.45. The van der Waals surface area contributed by atoms with Crippen LogP contribution < -0.4 is 26.2 Å². The maximum absolute atomic E-state index is 2.59. The van der Waals surface area contributed by atoms with Crippen LogP contribution in [0.1, 0.15) is 50.7 Å². The normalized spacial score (nSPS) is 13.3.